The molecule has 0 saturated heterocycles. The van der Waals surface area contributed by atoms with Gasteiger partial charge in [0.15, 0.2) is 5.69 Å². The summed E-state index contributed by atoms with van der Waals surface area (Å²) in [5.74, 6) is 0.317. The fourth-order valence-electron chi connectivity index (χ4n) is 3.44. The largest absolute Gasteiger partial charge is 0.497 e. The van der Waals surface area contributed by atoms with Crippen LogP contribution in [0.3, 0.4) is 0 Å². The third kappa shape index (κ3) is 3.31. The SMILES string of the molecule is COC(=O)c1cnc(C2CC(=O)Nc3c2c(C)nn3-c2ccc(OC)cc2)cn1. The second-order valence-corrected chi connectivity index (χ2v) is 6.58. The number of fused-ring (bicyclic) bond motifs is 1. The van der Waals surface area contributed by atoms with Crippen molar-refractivity contribution in [3.8, 4) is 11.4 Å². The molecule has 1 unspecified atom stereocenters. The van der Waals surface area contributed by atoms with Gasteiger partial charge in [-0.1, -0.05) is 0 Å². The summed E-state index contributed by atoms with van der Waals surface area (Å²) in [5, 5.41) is 7.55. The molecule has 1 aromatic carbocycles. The molecule has 9 nitrogen and oxygen atoms in total. The lowest BCUT2D eigenvalue weighted by atomic mass is 9.89. The van der Waals surface area contributed by atoms with E-state index in [9.17, 15) is 9.59 Å². The van der Waals surface area contributed by atoms with Crippen molar-refractivity contribution < 1.29 is 19.1 Å². The summed E-state index contributed by atoms with van der Waals surface area (Å²) in [6, 6.07) is 7.40. The van der Waals surface area contributed by atoms with E-state index in [0.29, 0.717) is 11.5 Å². The molecule has 0 aliphatic carbocycles. The summed E-state index contributed by atoms with van der Waals surface area (Å²) >= 11 is 0. The molecule has 148 valence electrons. The first-order chi connectivity index (χ1) is 14.0. The van der Waals surface area contributed by atoms with E-state index in [4.69, 9.17) is 4.74 Å². The van der Waals surface area contributed by atoms with Gasteiger partial charge in [0.1, 0.15) is 11.6 Å². The molecule has 0 radical (unpaired) electrons. The number of ether oxygens (including phenoxy) is 2. The number of methoxy groups -OCH3 is 2. The minimum absolute atomic E-state index is 0.113. The molecule has 0 saturated carbocycles. The van der Waals surface area contributed by atoms with Crippen LogP contribution in [0.1, 0.15) is 39.8 Å². The van der Waals surface area contributed by atoms with Crippen LogP contribution in [0.2, 0.25) is 0 Å². The van der Waals surface area contributed by atoms with E-state index in [2.05, 4.69) is 25.1 Å². The van der Waals surface area contributed by atoms with Crippen molar-refractivity contribution in [2.24, 2.45) is 0 Å². The van der Waals surface area contributed by atoms with E-state index < -0.39 is 5.97 Å². The lowest BCUT2D eigenvalue weighted by Gasteiger charge is -2.23. The molecule has 1 aliphatic heterocycles. The van der Waals surface area contributed by atoms with E-state index >= 15 is 0 Å². The molecule has 1 aliphatic rings. The van der Waals surface area contributed by atoms with Crippen LogP contribution in [0.15, 0.2) is 36.7 Å². The van der Waals surface area contributed by atoms with Crippen LogP contribution < -0.4 is 10.1 Å². The van der Waals surface area contributed by atoms with Gasteiger partial charge in [-0.05, 0) is 31.2 Å². The summed E-state index contributed by atoms with van der Waals surface area (Å²) in [5.41, 5.74) is 3.15. The number of amides is 1. The van der Waals surface area contributed by atoms with Crippen molar-refractivity contribution in [3.05, 3.63) is 59.3 Å². The Morgan fingerprint density at radius 3 is 2.55 bits per heavy atom. The fraction of sp³-hybridized carbons (Fsp3) is 0.250. The summed E-state index contributed by atoms with van der Waals surface area (Å²) in [6.07, 6.45) is 3.08. The van der Waals surface area contributed by atoms with Crippen LogP contribution in [0.5, 0.6) is 5.75 Å². The molecular weight excluding hydrogens is 374 g/mol. The summed E-state index contributed by atoms with van der Waals surface area (Å²) in [4.78, 5) is 32.5. The number of esters is 1. The van der Waals surface area contributed by atoms with E-state index in [1.165, 1.54) is 19.5 Å². The Balaban J connectivity index is 1.76. The van der Waals surface area contributed by atoms with Gasteiger partial charge in [-0.2, -0.15) is 5.10 Å². The first kappa shape index (κ1) is 18.6. The highest BCUT2D eigenvalue weighted by Crippen LogP contribution is 2.39. The van der Waals surface area contributed by atoms with E-state index in [1.54, 1.807) is 11.8 Å². The highest BCUT2D eigenvalue weighted by Gasteiger charge is 2.33. The van der Waals surface area contributed by atoms with Gasteiger partial charge in [0, 0.05) is 17.9 Å². The predicted octanol–water partition coefficient (Wildman–Crippen LogP) is 2.24. The number of hydrogen-bond donors (Lipinski definition) is 1. The van der Waals surface area contributed by atoms with E-state index in [0.717, 1.165) is 22.7 Å². The number of aryl methyl sites for hydroxylation is 1. The molecule has 1 atom stereocenters. The maximum Gasteiger partial charge on any atom is 0.358 e. The quantitative estimate of drug-likeness (QED) is 0.677. The first-order valence-electron chi connectivity index (χ1n) is 8.96. The van der Waals surface area contributed by atoms with Crippen molar-refractivity contribution >= 4 is 17.7 Å². The Labute approximate surface area is 166 Å². The zero-order valence-electron chi connectivity index (χ0n) is 16.2. The van der Waals surface area contributed by atoms with Gasteiger partial charge in [-0.3, -0.25) is 9.78 Å². The number of carbonyl (C=O) groups excluding carboxylic acids is 2. The molecule has 1 amide bonds. The van der Waals surface area contributed by atoms with Crippen LogP contribution in [0, 0.1) is 6.92 Å². The van der Waals surface area contributed by atoms with E-state index in [1.807, 2.05) is 31.2 Å². The molecule has 29 heavy (non-hydrogen) atoms. The minimum Gasteiger partial charge on any atom is -0.497 e. The minimum atomic E-state index is -0.561. The predicted molar refractivity (Wildman–Crippen MR) is 103 cm³/mol. The Kier molecular flexibility index (Phi) is 4.71. The second-order valence-electron chi connectivity index (χ2n) is 6.58. The standard InChI is InChI=1S/C20H19N5O4/c1-11-18-14(15-9-22-16(10-21-15)20(27)29-3)8-17(26)23-19(18)25(24-11)12-4-6-13(28-2)7-5-12/h4-7,9-10,14H,8H2,1-3H3,(H,23,26). The van der Waals surface area contributed by atoms with E-state index in [-0.39, 0.29) is 23.9 Å². The zero-order chi connectivity index (χ0) is 20.5. The average molecular weight is 393 g/mol. The summed E-state index contributed by atoms with van der Waals surface area (Å²) in [6.45, 7) is 1.89. The van der Waals surface area contributed by atoms with Gasteiger partial charge in [-0.15, -0.1) is 0 Å². The van der Waals surface area contributed by atoms with Gasteiger partial charge in [0.25, 0.3) is 0 Å². The highest BCUT2D eigenvalue weighted by atomic mass is 16.5. The van der Waals surface area contributed by atoms with Gasteiger partial charge >= 0.3 is 5.97 Å². The number of rotatable bonds is 4. The Hall–Kier alpha value is -3.75. The van der Waals surface area contributed by atoms with Crippen molar-refractivity contribution in [3.63, 3.8) is 0 Å². The van der Waals surface area contributed by atoms with Crippen LogP contribution in [0.25, 0.3) is 5.69 Å². The Bertz CT molecular complexity index is 1070. The zero-order valence-corrected chi connectivity index (χ0v) is 16.2. The highest BCUT2D eigenvalue weighted by molar-refractivity contribution is 5.95. The van der Waals surface area contributed by atoms with Crippen molar-refractivity contribution in [1.29, 1.82) is 0 Å². The second kappa shape index (κ2) is 7.34. The van der Waals surface area contributed by atoms with Crippen molar-refractivity contribution in [2.45, 2.75) is 19.3 Å². The fourth-order valence-corrected chi connectivity index (χ4v) is 3.44. The number of anilines is 1. The van der Waals surface area contributed by atoms with Crippen LogP contribution in [-0.4, -0.2) is 45.8 Å². The lowest BCUT2D eigenvalue weighted by Crippen LogP contribution is -2.25. The Morgan fingerprint density at radius 1 is 1.17 bits per heavy atom. The monoisotopic (exact) mass is 393 g/mol. The first-order valence-corrected chi connectivity index (χ1v) is 8.96. The molecule has 1 N–H and O–H groups in total. The number of nitrogens with one attached hydrogen (secondary N) is 1. The molecule has 3 aromatic rings. The third-order valence-electron chi connectivity index (χ3n) is 4.84. The summed E-state index contributed by atoms with van der Waals surface area (Å²) in [7, 11) is 2.89. The number of hydrogen-bond acceptors (Lipinski definition) is 7. The lowest BCUT2D eigenvalue weighted by molar-refractivity contribution is -0.116. The van der Waals surface area contributed by atoms with Crippen LogP contribution in [0.4, 0.5) is 5.82 Å². The molecule has 2 aromatic heterocycles. The maximum absolute atomic E-state index is 12.4. The summed E-state index contributed by atoms with van der Waals surface area (Å²) < 4.78 is 11.6. The number of benzene rings is 1. The molecule has 4 rings (SSSR count). The van der Waals surface area contributed by atoms with Crippen LogP contribution >= 0.6 is 0 Å². The van der Waals surface area contributed by atoms with Crippen molar-refractivity contribution in [1.82, 2.24) is 19.7 Å². The van der Waals surface area contributed by atoms with Crippen molar-refractivity contribution in [2.75, 3.05) is 19.5 Å². The van der Waals surface area contributed by atoms with Crippen LogP contribution in [-0.2, 0) is 9.53 Å². The number of aromatic nitrogens is 4. The maximum atomic E-state index is 12.4. The number of carbonyl (C=O) groups is 2. The Morgan fingerprint density at radius 2 is 1.93 bits per heavy atom. The van der Waals surface area contributed by atoms with Gasteiger partial charge in [0.05, 0.1) is 43.7 Å². The van der Waals surface area contributed by atoms with Gasteiger partial charge < -0.3 is 14.8 Å². The topological polar surface area (TPSA) is 108 Å². The normalized spacial score (nSPS) is 15.4. The molecule has 9 heteroatoms. The third-order valence-corrected chi connectivity index (χ3v) is 4.84. The number of nitrogens with zero attached hydrogens (tertiary/aromatic N) is 4. The molecular formula is C20H19N5O4. The molecule has 0 bridgehead atoms. The molecule has 0 fully saturated rings. The molecule has 0 spiro atoms. The van der Waals surface area contributed by atoms with Gasteiger partial charge in [0.2, 0.25) is 5.91 Å². The smallest absolute Gasteiger partial charge is 0.358 e. The average Bonchev–Trinajstić information content (AvgIpc) is 3.09. The van der Waals surface area contributed by atoms with Gasteiger partial charge in [-0.25, -0.2) is 14.5 Å². The molecule has 3 heterocycles.